The molecule has 0 aliphatic heterocycles. The topological polar surface area (TPSA) is 21.3 Å². The lowest BCUT2D eigenvalue weighted by Crippen LogP contribution is -2.03. The van der Waals surface area contributed by atoms with Gasteiger partial charge in [-0.2, -0.15) is 0 Å². The number of rotatable bonds is 4. The Balaban J connectivity index is 2.87. The number of halogens is 1. The van der Waals surface area contributed by atoms with Gasteiger partial charge in [-0.25, -0.2) is 4.39 Å². The molecule has 14 heavy (non-hydrogen) atoms. The van der Waals surface area contributed by atoms with Crippen LogP contribution in [0.15, 0.2) is 24.3 Å². The van der Waals surface area contributed by atoms with E-state index in [-0.39, 0.29) is 5.82 Å². The van der Waals surface area contributed by atoms with Crippen molar-refractivity contribution in [1.82, 2.24) is 5.32 Å². The molecule has 0 radical (unpaired) electrons. The molecule has 3 heteroatoms. The van der Waals surface area contributed by atoms with Gasteiger partial charge in [0.15, 0.2) is 0 Å². The van der Waals surface area contributed by atoms with Crippen molar-refractivity contribution in [3.8, 4) is 5.75 Å². The Labute approximate surface area is 83.4 Å². The van der Waals surface area contributed by atoms with Gasteiger partial charge in [0.25, 0.3) is 0 Å². The molecule has 0 spiro atoms. The average molecular weight is 195 g/mol. The Morgan fingerprint density at radius 3 is 2.93 bits per heavy atom. The van der Waals surface area contributed by atoms with Crippen LogP contribution < -0.4 is 10.1 Å². The minimum Gasteiger partial charge on any atom is -0.496 e. The lowest BCUT2D eigenvalue weighted by Gasteiger charge is -2.04. The largest absolute Gasteiger partial charge is 0.496 e. The van der Waals surface area contributed by atoms with Gasteiger partial charge in [-0.15, -0.1) is 0 Å². The second-order valence-corrected chi connectivity index (χ2v) is 2.85. The van der Waals surface area contributed by atoms with E-state index >= 15 is 0 Å². The zero-order chi connectivity index (χ0) is 10.4. The molecule has 0 aromatic heterocycles. The van der Waals surface area contributed by atoms with Crippen molar-refractivity contribution in [3.63, 3.8) is 0 Å². The zero-order valence-corrected chi connectivity index (χ0v) is 8.38. The Morgan fingerprint density at radius 1 is 1.50 bits per heavy atom. The van der Waals surface area contributed by atoms with E-state index in [1.807, 2.05) is 19.2 Å². The van der Waals surface area contributed by atoms with Crippen molar-refractivity contribution in [2.75, 3.05) is 20.7 Å². The van der Waals surface area contributed by atoms with Crippen molar-refractivity contribution in [2.45, 2.75) is 0 Å². The number of benzene rings is 1. The van der Waals surface area contributed by atoms with Gasteiger partial charge < -0.3 is 10.1 Å². The van der Waals surface area contributed by atoms with E-state index in [9.17, 15) is 4.39 Å². The number of likely N-dealkylation sites (N-methyl/N-ethyl adjacent to an activating group) is 1. The highest BCUT2D eigenvalue weighted by Crippen LogP contribution is 2.20. The van der Waals surface area contributed by atoms with E-state index in [0.717, 1.165) is 12.1 Å². The van der Waals surface area contributed by atoms with Crippen LogP contribution in [0.3, 0.4) is 0 Å². The maximum atomic E-state index is 12.9. The molecule has 76 valence electrons. The highest BCUT2D eigenvalue weighted by atomic mass is 19.1. The number of methoxy groups -OCH3 is 1. The van der Waals surface area contributed by atoms with Crippen LogP contribution in [-0.4, -0.2) is 20.7 Å². The molecule has 0 fully saturated rings. The number of nitrogens with one attached hydrogen (secondary N) is 1. The molecule has 0 saturated heterocycles. The summed E-state index contributed by atoms with van der Waals surface area (Å²) < 4.78 is 18.0. The van der Waals surface area contributed by atoms with Gasteiger partial charge in [-0.1, -0.05) is 12.2 Å². The number of ether oxygens (including phenoxy) is 1. The molecule has 0 amide bonds. The molecule has 1 aromatic rings. The van der Waals surface area contributed by atoms with Crippen molar-refractivity contribution in [3.05, 3.63) is 35.7 Å². The van der Waals surface area contributed by atoms with Gasteiger partial charge in [-0.3, -0.25) is 0 Å². The molecule has 0 saturated carbocycles. The van der Waals surface area contributed by atoms with Gasteiger partial charge in [-0.05, 0) is 25.2 Å². The Kier molecular flexibility index (Phi) is 4.13. The second kappa shape index (κ2) is 5.40. The third-order valence-corrected chi connectivity index (χ3v) is 1.81. The normalized spacial score (nSPS) is 10.8. The first-order chi connectivity index (χ1) is 6.77. The van der Waals surface area contributed by atoms with E-state index in [4.69, 9.17) is 4.74 Å². The quantitative estimate of drug-likeness (QED) is 0.794. The van der Waals surface area contributed by atoms with Gasteiger partial charge in [0.05, 0.1) is 7.11 Å². The van der Waals surface area contributed by atoms with E-state index in [2.05, 4.69) is 5.32 Å². The molecule has 1 rings (SSSR count). The summed E-state index contributed by atoms with van der Waals surface area (Å²) >= 11 is 0. The zero-order valence-electron chi connectivity index (χ0n) is 8.38. The molecular weight excluding hydrogens is 181 g/mol. The molecule has 0 atom stereocenters. The van der Waals surface area contributed by atoms with E-state index < -0.39 is 0 Å². The third kappa shape index (κ3) is 2.85. The van der Waals surface area contributed by atoms with Crippen LogP contribution >= 0.6 is 0 Å². The highest BCUT2D eigenvalue weighted by molar-refractivity contribution is 5.57. The van der Waals surface area contributed by atoms with Crippen LogP contribution in [0.1, 0.15) is 5.56 Å². The molecule has 2 nitrogen and oxygen atoms in total. The van der Waals surface area contributed by atoms with Crippen molar-refractivity contribution >= 4 is 6.08 Å². The predicted molar refractivity (Wildman–Crippen MR) is 55.9 cm³/mol. The minimum absolute atomic E-state index is 0.255. The van der Waals surface area contributed by atoms with Crippen LogP contribution in [0.25, 0.3) is 6.08 Å². The highest BCUT2D eigenvalue weighted by Gasteiger charge is 2.00. The summed E-state index contributed by atoms with van der Waals surface area (Å²) in [6, 6.07) is 4.45. The van der Waals surface area contributed by atoms with Crippen molar-refractivity contribution in [2.24, 2.45) is 0 Å². The summed E-state index contributed by atoms with van der Waals surface area (Å²) in [5.74, 6) is 0.425. The Hall–Kier alpha value is -1.35. The van der Waals surface area contributed by atoms with Crippen LogP contribution in [-0.2, 0) is 0 Å². The van der Waals surface area contributed by atoms with Gasteiger partial charge in [0.2, 0.25) is 0 Å². The lowest BCUT2D eigenvalue weighted by atomic mass is 10.2. The molecular formula is C11H14FNO. The molecule has 1 aromatic carbocycles. The fourth-order valence-electron chi connectivity index (χ4n) is 1.14. The smallest absolute Gasteiger partial charge is 0.126 e. The molecule has 0 unspecified atom stereocenters. The van der Waals surface area contributed by atoms with E-state index in [1.165, 1.54) is 12.1 Å². The van der Waals surface area contributed by atoms with Crippen LogP contribution in [0.5, 0.6) is 5.75 Å². The molecule has 1 N–H and O–H groups in total. The fourth-order valence-corrected chi connectivity index (χ4v) is 1.14. The molecule has 0 aliphatic rings. The minimum atomic E-state index is -0.255. The fraction of sp³-hybridized carbons (Fsp3) is 0.273. The van der Waals surface area contributed by atoms with Gasteiger partial charge in [0, 0.05) is 12.1 Å². The van der Waals surface area contributed by atoms with Crippen LogP contribution in [0, 0.1) is 5.82 Å². The predicted octanol–water partition coefficient (Wildman–Crippen LogP) is 2.07. The second-order valence-electron chi connectivity index (χ2n) is 2.85. The third-order valence-electron chi connectivity index (χ3n) is 1.81. The first-order valence-corrected chi connectivity index (χ1v) is 4.42. The average Bonchev–Trinajstić information content (AvgIpc) is 2.19. The molecule has 0 heterocycles. The summed E-state index contributed by atoms with van der Waals surface area (Å²) in [5, 5.41) is 2.97. The van der Waals surface area contributed by atoms with E-state index in [1.54, 1.807) is 13.2 Å². The first kappa shape index (κ1) is 10.7. The van der Waals surface area contributed by atoms with Gasteiger partial charge >= 0.3 is 0 Å². The van der Waals surface area contributed by atoms with Gasteiger partial charge in [0.1, 0.15) is 11.6 Å². The molecule has 0 aliphatic carbocycles. The SMILES string of the molecule is CNCC=Cc1cc(F)ccc1OC. The van der Waals surface area contributed by atoms with Crippen molar-refractivity contribution < 1.29 is 9.13 Å². The lowest BCUT2D eigenvalue weighted by molar-refractivity contribution is 0.412. The summed E-state index contributed by atoms with van der Waals surface area (Å²) in [6.07, 6.45) is 3.75. The van der Waals surface area contributed by atoms with Crippen LogP contribution in [0.4, 0.5) is 4.39 Å². The summed E-state index contributed by atoms with van der Waals surface area (Å²) in [5.41, 5.74) is 0.753. The summed E-state index contributed by atoms with van der Waals surface area (Å²) in [4.78, 5) is 0. The van der Waals surface area contributed by atoms with Crippen molar-refractivity contribution in [1.29, 1.82) is 0 Å². The summed E-state index contributed by atoms with van der Waals surface area (Å²) in [7, 11) is 3.43. The Morgan fingerprint density at radius 2 is 2.29 bits per heavy atom. The maximum Gasteiger partial charge on any atom is 0.126 e. The summed E-state index contributed by atoms with van der Waals surface area (Å²) in [6.45, 7) is 0.750. The Bertz CT molecular complexity index is 323. The number of hydrogen-bond donors (Lipinski definition) is 1. The van der Waals surface area contributed by atoms with Crippen LogP contribution in [0.2, 0.25) is 0 Å². The monoisotopic (exact) mass is 195 g/mol. The standard InChI is InChI=1S/C11H14FNO/c1-13-7-3-4-9-8-10(12)5-6-11(9)14-2/h3-6,8,13H,7H2,1-2H3. The first-order valence-electron chi connectivity index (χ1n) is 4.42. The van der Waals surface area contributed by atoms with E-state index in [0.29, 0.717) is 5.75 Å². The maximum absolute atomic E-state index is 12.9. The number of hydrogen-bond acceptors (Lipinski definition) is 2. The molecule has 0 bridgehead atoms.